The number of carbonyl (C=O) groups is 1. The van der Waals surface area contributed by atoms with Gasteiger partial charge in [0.15, 0.2) is 11.5 Å². The zero-order chi connectivity index (χ0) is 24.6. The smallest absolute Gasteiger partial charge is 0.286 e. The Morgan fingerprint density at radius 1 is 0.941 bits per heavy atom. The fraction of sp³-hybridized carbons (Fsp3) is 0.269. The van der Waals surface area contributed by atoms with E-state index in [4.69, 9.17) is 14.2 Å². The average molecular weight is 465 g/mol. The van der Waals surface area contributed by atoms with Crippen LogP contribution in [0.5, 0.6) is 11.5 Å². The van der Waals surface area contributed by atoms with Crippen LogP contribution in [0.1, 0.15) is 28.4 Å². The molecule has 34 heavy (non-hydrogen) atoms. The number of methoxy groups -OCH3 is 2. The highest BCUT2D eigenvalue weighted by molar-refractivity contribution is 5.99. The molecule has 0 aliphatic rings. The summed E-state index contributed by atoms with van der Waals surface area (Å²) in [5, 5.41) is 14.7. The number of ether oxygens (including phenoxy) is 3. The Bertz CT molecular complexity index is 1080. The second-order valence-electron chi connectivity index (χ2n) is 7.87. The van der Waals surface area contributed by atoms with Gasteiger partial charge in [0.2, 0.25) is 0 Å². The molecule has 3 aromatic carbocycles. The number of hydrogen-bond donors (Lipinski definition) is 1. The van der Waals surface area contributed by atoms with Gasteiger partial charge < -0.3 is 19.5 Å². The Morgan fingerprint density at radius 3 is 2.03 bits per heavy atom. The third kappa shape index (κ3) is 5.52. The molecular formula is C26H28N2O6. The van der Waals surface area contributed by atoms with Crippen molar-refractivity contribution >= 4 is 11.6 Å². The molecule has 1 N–H and O–H groups in total. The van der Waals surface area contributed by atoms with E-state index in [2.05, 4.69) is 5.32 Å². The highest BCUT2D eigenvalue weighted by Gasteiger charge is 2.31. The van der Waals surface area contributed by atoms with Gasteiger partial charge in [0, 0.05) is 25.1 Å². The Hall–Kier alpha value is -3.91. The van der Waals surface area contributed by atoms with E-state index in [1.165, 1.54) is 26.4 Å². The molecule has 0 saturated carbocycles. The SMILES string of the molecule is COCCOc1cc([N+](=O)[O-])c(C(=O)NCC(C)(c2ccccc2)c2ccccc2)cc1OC. The van der Waals surface area contributed by atoms with Crippen molar-refractivity contribution in [2.24, 2.45) is 0 Å². The molecule has 0 atom stereocenters. The maximum atomic E-state index is 13.2. The zero-order valence-corrected chi connectivity index (χ0v) is 19.4. The minimum absolute atomic E-state index is 0.107. The molecule has 0 fully saturated rings. The van der Waals surface area contributed by atoms with Gasteiger partial charge in [-0.2, -0.15) is 0 Å². The van der Waals surface area contributed by atoms with Crippen LogP contribution in [-0.4, -0.2) is 44.8 Å². The summed E-state index contributed by atoms with van der Waals surface area (Å²) in [5.74, 6) is -0.187. The summed E-state index contributed by atoms with van der Waals surface area (Å²) in [6.07, 6.45) is 0. The highest BCUT2D eigenvalue weighted by atomic mass is 16.6. The van der Waals surface area contributed by atoms with Crippen molar-refractivity contribution in [2.75, 3.05) is 34.0 Å². The molecule has 0 unspecified atom stereocenters. The van der Waals surface area contributed by atoms with E-state index in [0.717, 1.165) is 11.1 Å². The lowest BCUT2D eigenvalue weighted by atomic mass is 9.76. The van der Waals surface area contributed by atoms with Crippen LogP contribution in [0, 0.1) is 10.1 Å². The Kier molecular flexibility index (Phi) is 8.21. The van der Waals surface area contributed by atoms with E-state index in [9.17, 15) is 14.9 Å². The van der Waals surface area contributed by atoms with Crippen LogP contribution in [0.3, 0.4) is 0 Å². The summed E-state index contributed by atoms with van der Waals surface area (Å²) < 4.78 is 15.8. The van der Waals surface area contributed by atoms with Gasteiger partial charge in [0.1, 0.15) is 12.2 Å². The molecular weight excluding hydrogens is 436 g/mol. The molecule has 0 spiro atoms. The highest BCUT2D eigenvalue weighted by Crippen LogP contribution is 2.35. The average Bonchev–Trinajstić information content (AvgIpc) is 2.87. The number of benzene rings is 3. The molecule has 3 aromatic rings. The molecule has 0 bridgehead atoms. The van der Waals surface area contributed by atoms with Crippen molar-refractivity contribution in [3.8, 4) is 11.5 Å². The minimum atomic E-state index is -0.606. The first-order valence-corrected chi connectivity index (χ1v) is 10.8. The zero-order valence-electron chi connectivity index (χ0n) is 19.4. The normalized spacial score (nSPS) is 11.0. The van der Waals surface area contributed by atoms with Gasteiger partial charge in [-0.05, 0) is 18.1 Å². The number of nitro benzene ring substituents is 1. The van der Waals surface area contributed by atoms with E-state index in [-0.39, 0.29) is 35.9 Å². The Labute approximate surface area is 198 Å². The number of nitro groups is 1. The summed E-state index contributed by atoms with van der Waals surface area (Å²) in [6, 6.07) is 22.1. The summed E-state index contributed by atoms with van der Waals surface area (Å²) in [4.78, 5) is 24.3. The largest absolute Gasteiger partial charge is 0.493 e. The molecule has 0 heterocycles. The van der Waals surface area contributed by atoms with Gasteiger partial charge in [-0.3, -0.25) is 14.9 Å². The fourth-order valence-electron chi connectivity index (χ4n) is 3.72. The van der Waals surface area contributed by atoms with Crippen LogP contribution in [0.2, 0.25) is 0 Å². The topological polar surface area (TPSA) is 99.9 Å². The molecule has 8 nitrogen and oxygen atoms in total. The molecule has 0 saturated heterocycles. The number of rotatable bonds is 11. The first kappa shape index (κ1) is 24.7. The van der Waals surface area contributed by atoms with Gasteiger partial charge in [-0.15, -0.1) is 0 Å². The van der Waals surface area contributed by atoms with E-state index in [1.54, 1.807) is 0 Å². The first-order valence-electron chi connectivity index (χ1n) is 10.8. The molecule has 0 aliphatic carbocycles. The monoisotopic (exact) mass is 464 g/mol. The number of amides is 1. The van der Waals surface area contributed by atoms with Crippen LogP contribution in [-0.2, 0) is 10.2 Å². The second-order valence-corrected chi connectivity index (χ2v) is 7.87. The van der Waals surface area contributed by atoms with Gasteiger partial charge in [0.05, 0.1) is 24.7 Å². The standard InChI is InChI=1S/C26H28N2O6/c1-26(19-10-6-4-7-11-19,20-12-8-5-9-13-20)18-27-25(29)21-16-23(33-3)24(34-15-14-32-2)17-22(21)28(30)31/h4-13,16-17H,14-15,18H2,1-3H3,(H,27,29). The number of hydrogen-bond acceptors (Lipinski definition) is 6. The van der Waals surface area contributed by atoms with Gasteiger partial charge in [0.25, 0.3) is 11.6 Å². The van der Waals surface area contributed by atoms with Crippen molar-refractivity contribution < 1.29 is 23.9 Å². The lowest BCUT2D eigenvalue weighted by molar-refractivity contribution is -0.385. The molecule has 0 aliphatic heterocycles. The molecule has 8 heteroatoms. The summed E-state index contributed by atoms with van der Waals surface area (Å²) >= 11 is 0. The molecule has 178 valence electrons. The van der Waals surface area contributed by atoms with Crippen LogP contribution in [0.4, 0.5) is 5.69 Å². The predicted octanol–water partition coefficient (Wildman–Crippen LogP) is 4.36. The van der Waals surface area contributed by atoms with Gasteiger partial charge >= 0.3 is 0 Å². The number of nitrogens with one attached hydrogen (secondary N) is 1. The molecule has 3 rings (SSSR count). The lowest BCUT2D eigenvalue weighted by Gasteiger charge is -2.31. The molecule has 0 aromatic heterocycles. The molecule has 1 amide bonds. The van der Waals surface area contributed by atoms with Crippen molar-refractivity contribution in [1.82, 2.24) is 5.32 Å². The number of carbonyl (C=O) groups excluding carboxylic acids is 1. The minimum Gasteiger partial charge on any atom is -0.493 e. The fourth-order valence-corrected chi connectivity index (χ4v) is 3.72. The Balaban J connectivity index is 1.92. The van der Waals surface area contributed by atoms with E-state index < -0.39 is 16.2 Å². The third-order valence-electron chi connectivity index (χ3n) is 5.69. The summed E-state index contributed by atoms with van der Waals surface area (Å²) in [6.45, 7) is 2.74. The molecule has 0 radical (unpaired) electrons. The van der Waals surface area contributed by atoms with E-state index >= 15 is 0 Å². The lowest BCUT2D eigenvalue weighted by Crippen LogP contribution is -2.39. The second kappa shape index (κ2) is 11.3. The maximum absolute atomic E-state index is 13.2. The van der Waals surface area contributed by atoms with Crippen LogP contribution >= 0.6 is 0 Å². The van der Waals surface area contributed by atoms with Crippen molar-refractivity contribution in [2.45, 2.75) is 12.3 Å². The van der Waals surface area contributed by atoms with Crippen LogP contribution in [0.25, 0.3) is 0 Å². The maximum Gasteiger partial charge on any atom is 0.286 e. The first-order chi connectivity index (χ1) is 16.4. The predicted molar refractivity (Wildman–Crippen MR) is 129 cm³/mol. The van der Waals surface area contributed by atoms with E-state index in [1.807, 2.05) is 67.6 Å². The summed E-state index contributed by atoms with van der Waals surface area (Å²) in [5.41, 5.74) is 0.988. The van der Waals surface area contributed by atoms with Crippen LogP contribution in [0.15, 0.2) is 72.8 Å². The quantitative estimate of drug-likeness (QED) is 0.257. The van der Waals surface area contributed by atoms with Gasteiger partial charge in [-0.25, -0.2) is 0 Å². The number of nitrogens with zero attached hydrogens (tertiary/aromatic N) is 1. The van der Waals surface area contributed by atoms with Crippen molar-refractivity contribution in [3.05, 3.63) is 99.6 Å². The van der Waals surface area contributed by atoms with Crippen LogP contribution < -0.4 is 14.8 Å². The van der Waals surface area contributed by atoms with Crippen molar-refractivity contribution in [1.29, 1.82) is 0 Å². The van der Waals surface area contributed by atoms with Crippen molar-refractivity contribution in [3.63, 3.8) is 0 Å². The Morgan fingerprint density at radius 2 is 1.53 bits per heavy atom. The summed E-state index contributed by atoms with van der Waals surface area (Å²) in [7, 11) is 2.93. The third-order valence-corrected chi connectivity index (χ3v) is 5.69. The van der Waals surface area contributed by atoms with Gasteiger partial charge in [-0.1, -0.05) is 60.7 Å². The van der Waals surface area contributed by atoms with E-state index in [0.29, 0.717) is 6.61 Å².